The summed E-state index contributed by atoms with van der Waals surface area (Å²) in [5, 5.41) is 2.32. The molecule has 0 bridgehead atoms. The standard InChI is InChI=1S/C12H18N2O5S/c1-3-4-9-18-12(15)14-11(19-20(2,16)17)10-7-5-6-8-13-10/h5-8,11H,3-4,9H2,1-2H3,(H,14,15). The van der Waals surface area contributed by atoms with Crippen LogP contribution in [0.5, 0.6) is 0 Å². The third kappa shape index (κ3) is 6.48. The summed E-state index contributed by atoms with van der Waals surface area (Å²) >= 11 is 0. The van der Waals surface area contributed by atoms with Crippen LogP contribution in [0.15, 0.2) is 24.4 Å². The van der Waals surface area contributed by atoms with Gasteiger partial charge in [0.1, 0.15) is 0 Å². The highest BCUT2D eigenvalue weighted by molar-refractivity contribution is 7.86. The number of carbonyl (C=O) groups is 1. The summed E-state index contributed by atoms with van der Waals surface area (Å²) in [6, 6.07) is 4.87. The second-order valence-corrected chi connectivity index (χ2v) is 5.67. The number of alkyl carbamates (subject to hydrolysis) is 1. The van der Waals surface area contributed by atoms with Gasteiger partial charge in [-0.15, -0.1) is 0 Å². The molecule has 1 heterocycles. The number of hydrogen-bond acceptors (Lipinski definition) is 6. The van der Waals surface area contributed by atoms with Gasteiger partial charge in [-0.2, -0.15) is 8.42 Å². The minimum absolute atomic E-state index is 0.260. The van der Waals surface area contributed by atoms with E-state index in [1.165, 1.54) is 6.20 Å². The second kappa shape index (κ2) is 7.81. The molecule has 0 aromatic carbocycles. The first-order valence-electron chi connectivity index (χ1n) is 6.15. The molecule has 20 heavy (non-hydrogen) atoms. The van der Waals surface area contributed by atoms with Gasteiger partial charge in [0.05, 0.1) is 18.6 Å². The van der Waals surface area contributed by atoms with Crippen LogP contribution in [0.3, 0.4) is 0 Å². The van der Waals surface area contributed by atoms with Gasteiger partial charge in [-0.25, -0.2) is 8.98 Å². The molecule has 0 radical (unpaired) electrons. The number of carbonyl (C=O) groups excluding carboxylic acids is 1. The first-order chi connectivity index (χ1) is 9.42. The average molecular weight is 302 g/mol. The lowest BCUT2D eigenvalue weighted by Crippen LogP contribution is -2.32. The Labute approximate surface area is 118 Å². The summed E-state index contributed by atoms with van der Waals surface area (Å²) in [6.45, 7) is 2.22. The van der Waals surface area contributed by atoms with Crippen molar-refractivity contribution in [2.45, 2.75) is 26.0 Å². The number of nitrogens with one attached hydrogen (secondary N) is 1. The monoisotopic (exact) mass is 302 g/mol. The minimum atomic E-state index is -3.75. The summed E-state index contributed by atoms with van der Waals surface area (Å²) in [6.07, 6.45) is 2.02. The lowest BCUT2D eigenvalue weighted by Gasteiger charge is -2.17. The molecule has 8 heteroatoms. The van der Waals surface area contributed by atoms with E-state index in [-0.39, 0.29) is 12.3 Å². The first kappa shape index (κ1) is 16.4. The van der Waals surface area contributed by atoms with Crippen LogP contribution in [0, 0.1) is 0 Å². The smallest absolute Gasteiger partial charge is 0.409 e. The molecule has 1 amide bonds. The van der Waals surface area contributed by atoms with E-state index < -0.39 is 22.4 Å². The number of unbranched alkanes of at least 4 members (excludes halogenated alkanes) is 1. The largest absolute Gasteiger partial charge is 0.450 e. The molecule has 1 unspecified atom stereocenters. The molecule has 0 aliphatic carbocycles. The Kier molecular flexibility index (Phi) is 6.40. The predicted octanol–water partition coefficient (Wildman–Crippen LogP) is 1.58. The molecule has 1 N–H and O–H groups in total. The fourth-order valence-electron chi connectivity index (χ4n) is 1.31. The number of nitrogens with zero attached hydrogens (tertiary/aromatic N) is 1. The van der Waals surface area contributed by atoms with Crippen LogP contribution in [0.4, 0.5) is 4.79 Å². The van der Waals surface area contributed by atoms with Gasteiger partial charge >= 0.3 is 6.09 Å². The number of aromatic nitrogens is 1. The Bertz CT molecular complexity index is 518. The number of rotatable bonds is 7. The number of amides is 1. The van der Waals surface area contributed by atoms with Crippen LogP contribution in [0.2, 0.25) is 0 Å². The minimum Gasteiger partial charge on any atom is -0.450 e. The molecule has 1 aromatic rings. The summed E-state index contributed by atoms with van der Waals surface area (Å²) in [5.41, 5.74) is 0.269. The van der Waals surface area contributed by atoms with E-state index in [2.05, 4.69) is 10.3 Å². The maximum absolute atomic E-state index is 11.6. The van der Waals surface area contributed by atoms with Crippen molar-refractivity contribution in [1.82, 2.24) is 10.3 Å². The van der Waals surface area contributed by atoms with E-state index in [0.717, 1.165) is 19.1 Å². The van der Waals surface area contributed by atoms with Crippen LogP contribution in [-0.4, -0.2) is 32.4 Å². The maximum Gasteiger partial charge on any atom is 0.409 e. The fourth-order valence-corrected chi connectivity index (χ4v) is 1.81. The molecule has 1 aromatic heterocycles. The zero-order valence-corrected chi connectivity index (χ0v) is 12.2. The molecule has 0 fully saturated rings. The highest BCUT2D eigenvalue weighted by atomic mass is 32.2. The number of ether oxygens (including phenoxy) is 1. The van der Waals surface area contributed by atoms with Crippen molar-refractivity contribution in [3.8, 4) is 0 Å². The van der Waals surface area contributed by atoms with E-state index >= 15 is 0 Å². The fraction of sp³-hybridized carbons (Fsp3) is 0.500. The first-order valence-corrected chi connectivity index (χ1v) is 7.96. The molecule has 0 saturated carbocycles. The predicted molar refractivity (Wildman–Crippen MR) is 72.3 cm³/mol. The van der Waals surface area contributed by atoms with Crippen molar-refractivity contribution < 1.29 is 22.1 Å². The van der Waals surface area contributed by atoms with Gasteiger partial charge in [0.2, 0.25) is 0 Å². The molecular formula is C12H18N2O5S. The Morgan fingerprint density at radius 1 is 1.45 bits per heavy atom. The Hall–Kier alpha value is -1.67. The van der Waals surface area contributed by atoms with Gasteiger partial charge in [0, 0.05) is 6.20 Å². The topological polar surface area (TPSA) is 94.6 Å². The normalized spacial score (nSPS) is 12.7. The van der Waals surface area contributed by atoms with Crippen molar-refractivity contribution in [2.75, 3.05) is 12.9 Å². The lowest BCUT2D eigenvalue weighted by atomic mass is 10.3. The van der Waals surface area contributed by atoms with Crippen molar-refractivity contribution in [2.24, 2.45) is 0 Å². The van der Waals surface area contributed by atoms with Crippen LogP contribution >= 0.6 is 0 Å². The average Bonchev–Trinajstić information content (AvgIpc) is 2.38. The summed E-state index contributed by atoms with van der Waals surface area (Å²) in [7, 11) is -3.75. The van der Waals surface area contributed by atoms with Gasteiger partial charge in [0.15, 0.2) is 6.23 Å². The van der Waals surface area contributed by atoms with Gasteiger partial charge < -0.3 is 4.74 Å². The molecule has 7 nitrogen and oxygen atoms in total. The number of hydrogen-bond donors (Lipinski definition) is 1. The molecule has 0 aliphatic heterocycles. The van der Waals surface area contributed by atoms with Crippen LogP contribution in [-0.2, 0) is 19.0 Å². The highest BCUT2D eigenvalue weighted by Gasteiger charge is 2.21. The third-order valence-electron chi connectivity index (χ3n) is 2.21. The zero-order chi connectivity index (χ0) is 15.0. The van der Waals surface area contributed by atoms with Crippen molar-refractivity contribution in [1.29, 1.82) is 0 Å². The maximum atomic E-state index is 11.6. The van der Waals surface area contributed by atoms with Crippen LogP contribution < -0.4 is 5.32 Å². The van der Waals surface area contributed by atoms with Gasteiger partial charge in [0.25, 0.3) is 10.1 Å². The molecule has 0 spiro atoms. The Balaban J connectivity index is 2.71. The zero-order valence-electron chi connectivity index (χ0n) is 11.4. The molecule has 112 valence electrons. The summed E-state index contributed by atoms with van der Waals surface area (Å²) in [4.78, 5) is 15.5. The van der Waals surface area contributed by atoms with Crippen molar-refractivity contribution >= 4 is 16.2 Å². The second-order valence-electron chi connectivity index (χ2n) is 4.07. The SMILES string of the molecule is CCCCOC(=O)NC(OS(C)(=O)=O)c1ccccn1. The third-order valence-corrected chi connectivity index (χ3v) is 2.75. The van der Waals surface area contributed by atoms with Crippen molar-refractivity contribution in [3.63, 3.8) is 0 Å². The van der Waals surface area contributed by atoms with E-state index in [1.807, 2.05) is 6.92 Å². The van der Waals surface area contributed by atoms with Crippen LogP contribution in [0.25, 0.3) is 0 Å². The molecule has 0 aliphatic rings. The van der Waals surface area contributed by atoms with E-state index in [9.17, 15) is 13.2 Å². The molecule has 0 saturated heterocycles. The molecule has 1 atom stereocenters. The van der Waals surface area contributed by atoms with Crippen LogP contribution in [0.1, 0.15) is 31.7 Å². The van der Waals surface area contributed by atoms with E-state index in [0.29, 0.717) is 0 Å². The number of pyridine rings is 1. The van der Waals surface area contributed by atoms with Gasteiger partial charge in [-0.1, -0.05) is 19.4 Å². The lowest BCUT2D eigenvalue weighted by molar-refractivity contribution is 0.111. The van der Waals surface area contributed by atoms with Gasteiger partial charge in [-0.3, -0.25) is 10.3 Å². The summed E-state index contributed by atoms with van der Waals surface area (Å²) in [5.74, 6) is 0. The summed E-state index contributed by atoms with van der Waals surface area (Å²) < 4.78 is 32.1. The molecular weight excluding hydrogens is 284 g/mol. The van der Waals surface area contributed by atoms with Gasteiger partial charge in [-0.05, 0) is 18.6 Å². The highest BCUT2D eigenvalue weighted by Crippen LogP contribution is 2.14. The molecule has 1 rings (SSSR count). The quantitative estimate of drug-likeness (QED) is 0.467. The van der Waals surface area contributed by atoms with E-state index in [4.69, 9.17) is 8.92 Å². The van der Waals surface area contributed by atoms with E-state index in [1.54, 1.807) is 18.2 Å². The van der Waals surface area contributed by atoms with Crippen molar-refractivity contribution in [3.05, 3.63) is 30.1 Å². The Morgan fingerprint density at radius 3 is 2.75 bits per heavy atom. The Morgan fingerprint density at radius 2 is 2.20 bits per heavy atom.